The van der Waals surface area contributed by atoms with Crippen LogP contribution in [0.5, 0.6) is 0 Å². The van der Waals surface area contributed by atoms with Crippen molar-refractivity contribution in [2.75, 3.05) is 11.9 Å². The van der Waals surface area contributed by atoms with Crippen LogP contribution in [0.15, 0.2) is 18.2 Å². The van der Waals surface area contributed by atoms with E-state index >= 15 is 0 Å². The molecule has 0 saturated carbocycles. The molecule has 1 nitrogen and oxygen atoms in total. The van der Waals surface area contributed by atoms with Crippen molar-refractivity contribution in [1.29, 1.82) is 0 Å². The second-order valence-corrected chi connectivity index (χ2v) is 4.98. The number of anilines is 1. The highest BCUT2D eigenvalue weighted by molar-refractivity contribution is 5.54. The largest absolute Gasteiger partial charge is 0.385 e. The van der Waals surface area contributed by atoms with Gasteiger partial charge in [0.15, 0.2) is 0 Å². The van der Waals surface area contributed by atoms with E-state index in [1.165, 1.54) is 48.9 Å². The SMILES string of the molecule is CCCc1ccc2c(c1)CC(CCC)CN2. The van der Waals surface area contributed by atoms with Crippen LogP contribution in [0.1, 0.15) is 44.2 Å². The standard InChI is InChI=1S/C15H23N/c1-3-5-12-7-8-15-14(9-12)10-13(6-4-2)11-16-15/h7-9,13,16H,3-6,10-11H2,1-2H3. The minimum absolute atomic E-state index is 0.842. The number of rotatable bonds is 4. The molecular weight excluding hydrogens is 194 g/mol. The molecule has 0 saturated heterocycles. The van der Waals surface area contributed by atoms with Crippen molar-refractivity contribution in [2.45, 2.75) is 46.0 Å². The van der Waals surface area contributed by atoms with Gasteiger partial charge in [-0.3, -0.25) is 0 Å². The third-order valence-electron chi connectivity index (χ3n) is 3.50. The van der Waals surface area contributed by atoms with Gasteiger partial charge in [-0.1, -0.05) is 38.8 Å². The molecule has 0 fully saturated rings. The Kier molecular flexibility index (Phi) is 3.87. The third kappa shape index (κ3) is 2.58. The number of nitrogens with one attached hydrogen (secondary N) is 1. The molecule has 0 aromatic heterocycles. The van der Waals surface area contributed by atoms with Crippen LogP contribution >= 0.6 is 0 Å². The Morgan fingerprint density at radius 2 is 2.12 bits per heavy atom. The molecule has 1 heterocycles. The van der Waals surface area contributed by atoms with E-state index in [1.807, 2.05) is 0 Å². The normalized spacial score (nSPS) is 19.0. The highest BCUT2D eigenvalue weighted by Gasteiger charge is 2.17. The fourth-order valence-electron chi connectivity index (χ4n) is 2.68. The van der Waals surface area contributed by atoms with Crippen LogP contribution in [-0.4, -0.2) is 6.54 Å². The fourth-order valence-corrected chi connectivity index (χ4v) is 2.68. The van der Waals surface area contributed by atoms with Crippen molar-refractivity contribution in [3.8, 4) is 0 Å². The van der Waals surface area contributed by atoms with E-state index < -0.39 is 0 Å². The smallest absolute Gasteiger partial charge is 0.0373 e. The van der Waals surface area contributed by atoms with Crippen LogP contribution in [0.2, 0.25) is 0 Å². The van der Waals surface area contributed by atoms with Gasteiger partial charge in [-0.05, 0) is 42.4 Å². The van der Waals surface area contributed by atoms with Crippen molar-refractivity contribution in [3.63, 3.8) is 0 Å². The Morgan fingerprint density at radius 3 is 2.88 bits per heavy atom. The molecule has 1 atom stereocenters. The zero-order valence-electron chi connectivity index (χ0n) is 10.6. The Labute approximate surface area is 99.3 Å². The molecular formula is C15H23N. The maximum atomic E-state index is 3.57. The number of fused-ring (bicyclic) bond motifs is 1. The summed E-state index contributed by atoms with van der Waals surface area (Å²) in [5.74, 6) is 0.842. The molecule has 1 N–H and O–H groups in total. The number of benzene rings is 1. The van der Waals surface area contributed by atoms with Crippen LogP contribution in [-0.2, 0) is 12.8 Å². The Morgan fingerprint density at radius 1 is 1.25 bits per heavy atom. The van der Waals surface area contributed by atoms with Gasteiger partial charge in [0.05, 0.1) is 0 Å². The van der Waals surface area contributed by atoms with Gasteiger partial charge in [0.25, 0.3) is 0 Å². The summed E-state index contributed by atoms with van der Waals surface area (Å²) < 4.78 is 0. The van der Waals surface area contributed by atoms with Crippen LogP contribution < -0.4 is 5.32 Å². The van der Waals surface area contributed by atoms with Gasteiger partial charge in [0.2, 0.25) is 0 Å². The monoisotopic (exact) mass is 217 g/mol. The molecule has 0 radical (unpaired) electrons. The van der Waals surface area contributed by atoms with Gasteiger partial charge in [0, 0.05) is 12.2 Å². The summed E-state index contributed by atoms with van der Waals surface area (Å²) in [7, 11) is 0. The Balaban J connectivity index is 2.12. The first kappa shape index (κ1) is 11.5. The van der Waals surface area contributed by atoms with Gasteiger partial charge < -0.3 is 5.32 Å². The molecule has 16 heavy (non-hydrogen) atoms. The van der Waals surface area contributed by atoms with E-state index in [9.17, 15) is 0 Å². The van der Waals surface area contributed by atoms with Gasteiger partial charge in [0.1, 0.15) is 0 Å². The molecule has 1 aliphatic rings. The summed E-state index contributed by atoms with van der Waals surface area (Å²) in [5, 5.41) is 3.57. The summed E-state index contributed by atoms with van der Waals surface area (Å²) in [6.07, 6.45) is 6.38. The third-order valence-corrected chi connectivity index (χ3v) is 3.50. The summed E-state index contributed by atoms with van der Waals surface area (Å²) in [6, 6.07) is 6.95. The van der Waals surface area contributed by atoms with Gasteiger partial charge in [-0.2, -0.15) is 0 Å². The van der Waals surface area contributed by atoms with Crippen molar-refractivity contribution < 1.29 is 0 Å². The predicted molar refractivity (Wildman–Crippen MR) is 71.0 cm³/mol. The highest BCUT2D eigenvalue weighted by atomic mass is 14.9. The molecule has 0 bridgehead atoms. The van der Waals surface area contributed by atoms with Crippen LogP contribution in [0.25, 0.3) is 0 Å². The van der Waals surface area contributed by atoms with Crippen LogP contribution in [0.3, 0.4) is 0 Å². The van der Waals surface area contributed by atoms with Gasteiger partial charge in [-0.15, -0.1) is 0 Å². The lowest BCUT2D eigenvalue weighted by molar-refractivity contribution is 0.489. The molecule has 1 aromatic carbocycles. The van der Waals surface area contributed by atoms with Crippen LogP contribution in [0.4, 0.5) is 5.69 Å². The molecule has 1 unspecified atom stereocenters. The molecule has 0 amide bonds. The second-order valence-electron chi connectivity index (χ2n) is 4.98. The average Bonchev–Trinajstić information content (AvgIpc) is 2.29. The van der Waals surface area contributed by atoms with E-state index in [2.05, 4.69) is 37.4 Å². The first-order chi connectivity index (χ1) is 7.83. The highest BCUT2D eigenvalue weighted by Crippen LogP contribution is 2.28. The summed E-state index contributed by atoms with van der Waals surface area (Å²) >= 11 is 0. The lowest BCUT2D eigenvalue weighted by atomic mass is 9.89. The molecule has 1 heteroatoms. The topological polar surface area (TPSA) is 12.0 Å². The summed E-state index contributed by atoms with van der Waals surface area (Å²) in [6.45, 7) is 5.69. The molecule has 88 valence electrons. The average molecular weight is 217 g/mol. The Hall–Kier alpha value is -0.980. The zero-order chi connectivity index (χ0) is 11.4. The molecule has 2 rings (SSSR count). The predicted octanol–water partition coefficient (Wildman–Crippen LogP) is 4.02. The Bertz CT molecular complexity index is 343. The maximum Gasteiger partial charge on any atom is 0.0373 e. The lowest BCUT2D eigenvalue weighted by Crippen LogP contribution is -2.23. The summed E-state index contributed by atoms with van der Waals surface area (Å²) in [4.78, 5) is 0. The number of hydrogen-bond donors (Lipinski definition) is 1. The summed E-state index contributed by atoms with van der Waals surface area (Å²) in [5.41, 5.74) is 4.41. The minimum Gasteiger partial charge on any atom is -0.385 e. The number of aryl methyl sites for hydroxylation is 1. The quantitative estimate of drug-likeness (QED) is 0.803. The van der Waals surface area contributed by atoms with Crippen molar-refractivity contribution in [2.24, 2.45) is 5.92 Å². The van der Waals surface area contributed by atoms with Crippen molar-refractivity contribution in [1.82, 2.24) is 0 Å². The molecule has 0 spiro atoms. The molecule has 0 aliphatic carbocycles. The van der Waals surface area contributed by atoms with E-state index in [4.69, 9.17) is 0 Å². The molecule has 1 aromatic rings. The molecule has 1 aliphatic heterocycles. The van der Waals surface area contributed by atoms with Crippen LogP contribution in [0, 0.1) is 5.92 Å². The van der Waals surface area contributed by atoms with Gasteiger partial charge >= 0.3 is 0 Å². The minimum atomic E-state index is 0.842. The van der Waals surface area contributed by atoms with E-state index in [1.54, 1.807) is 0 Å². The second kappa shape index (κ2) is 5.38. The van der Waals surface area contributed by atoms with E-state index in [-0.39, 0.29) is 0 Å². The van der Waals surface area contributed by atoms with Crippen molar-refractivity contribution in [3.05, 3.63) is 29.3 Å². The zero-order valence-corrected chi connectivity index (χ0v) is 10.6. The first-order valence-electron chi connectivity index (χ1n) is 6.69. The number of hydrogen-bond acceptors (Lipinski definition) is 1. The van der Waals surface area contributed by atoms with E-state index in [0.29, 0.717) is 0 Å². The van der Waals surface area contributed by atoms with Crippen molar-refractivity contribution >= 4 is 5.69 Å². The first-order valence-corrected chi connectivity index (χ1v) is 6.69. The lowest BCUT2D eigenvalue weighted by Gasteiger charge is -2.26. The van der Waals surface area contributed by atoms with Gasteiger partial charge in [-0.25, -0.2) is 0 Å². The van der Waals surface area contributed by atoms with E-state index in [0.717, 1.165) is 12.5 Å². The maximum absolute atomic E-state index is 3.57. The fraction of sp³-hybridized carbons (Fsp3) is 0.600.